The molecule has 0 radical (unpaired) electrons. The maximum absolute atomic E-state index is 11.7. The van der Waals surface area contributed by atoms with Gasteiger partial charge in [-0.1, -0.05) is 41.9 Å². The van der Waals surface area contributed by atoms with Crippen LogP contribution in [-0.4, -0.2) is 27.5 Å². The Hall–Kier alpha value is -2.67. The van der Waals surface area contributed by atoms with E-state index in [1.54, 1.807) is 11.8 Å². The number of halogens is 1. The van der Waals surface area contributed by atoms with Gasteiger partial charge in [0.2, 0.25) is 5.15 Å². The molecule has 0 aliphatic carbocycles. The molecule has 0 amide bonds. The summed E-state index contributed by atoms with van der Waals surface area (Å²) >= 11 is 5.94. The van der Waals surface area contributed by atoms with Crippen molar-refractivity contribution in [3.63, 3.8) is 0 Å². The molecule has 2 rings (SSSR count). The first-order chi connectivity index (χ1) is 11.4. The number of aryl methyl sites for hydroxylation is 1. The van der Waals surface area contributed by atoms with Gasteiger partial charge in [-0.25, -0.2) is 9.78 Å². The van der Waals surface area contributed by atoms with E-state index in [2.05, 4.69) is 4.98 Å². The summed E-state index contributed by atoms with van der Waals surface area (Å²) < 4.78 is 0. The number of aromatic nitrogens is 1. The number of nitrogens with zero attached hydrogens (tertiary/aromatic N) is 3. The van der Waals surface area contributed by atoms with Crippen molar-refractivity contribution >= 4 is 28.9 Å². The van der Waals surface area contributed by atoms with Gasteiger partial charge in [-0.3, -0.25) is 10.1 Å². The summed E-state index contributed by atoms with van der Waals surface area (Å²) in [5.41, 5.74) is 0.327. The molecule has 1 aromatic carbocycles. The lowest BCUT2D eigenvalue weighted by molar-refractivity contribution is -0.384. The molecule has 0 unspecified atom stereocenters. The van der Waals surface area contributed by atoms with Crippen LogP contribution in [0.2, 0.25) is 5.15 Å². The first kappa shape index (κ1) is 17.7. The van der Waals surface area contributed by atoms with Crippen molar-refractivity contribution in [1.29, 1.82) is 0 Å². The summed E-state index contributed by atoms with van der Waals surface area (Å²) in [6, 6.07) is 9.29. The fourth-order valence-electron chi connectivity index (χ4n) is 2.52. The minimum atomic E-state index is -1.28. The van der Waals surface area contributed by atoms with E-state index >= 15 is 0 Å². The van der Waals surface area contributed by atoms with Crippen LogP contribution in [0, 0.1) is 17.0 Å². The zero-order valence-corrected chi connectivity index (χ0v) is 13.9. The molecule has 0 saturated carbocycles. The number of nitro groups is 1. The van der Waals surface area contributed by atoms with Gasteiger partial charge >= 0.3 is 11.7 Å². The molecule has 7 nitrogen and oxygen atoms in total. The lowest BCUT2D eigenvalue weighted by Crippen LogP contribution is -2.26. The molecule has 1 N–H and O–H groups in total. The van der Waals surface area contributed by atoms with E-state index in [1.165, 1.54) is 6.92 Å². The molecule has 2 aromatic rings. The van der Waals surface area contributed by atoms with Crippen molar-refractivity contribution < 1.29 is 14.8 Å². The van der Waals surface area contributed by atoms with Crippen LogP contribution in [0.1, 0.15) is 28.5 Å². The molecule has 24 heavy (non-hydrogen) atoms. The van der Waals surface area contributed by atoms with Crippen LogP contribution in [0.5, 0.6) is 0 Å². The van der Waals surface area contributed by atoms with E-state index in [1.807, 2.05) is 30.3 Å². The number of benzene rings is 1. The molecule has 0 atom stereocenters. The SMILES string of the molecule is CCN(Cc1ccccc1)c1c(C(=O)O)c(C)nc(Cl)c1[N+](=O)[O-]. The monoisotopic (exact) mass is 349 g/mol. The maximum atomic E-state index is 11.7. The molecule has 0 saturated heterocycles. The minimum Gasteiger partial charge on any atom is -0.478 e. The Labute approximate surface area is 143 Å². The number of hydrogen-bond acceptors (Lipinski definition) is 5. The number of carboxylic acid groups (broad SMARTS) is 1. The predicted molar refractivity (Wildman–Crippen MR) is 90.8 cm³/mol. The normalized spacial score (nSPS) is 10.5. The molecule has 0 aliphatic heterocycles. The Bertz CT molecular complexity index is 742. The number of hydrogen-bond donors (Lipinski definition) is 1. The Morgan fingerprint density at radius 3 is 2.50 bits per heavy atom. The second kappa shape index (κ2) is 7.27. The number of aromatic carboxylic acids is 1. The highest BCUT2D eigenvalue weighted by atomic mass is 35.5. The smallest absolute Gasteiger partial charge is 0.339 e. The minimum absolute atomic E-state index is 0.0173. The summed E-state index contributed by atoms with van der Waals surface area (Å²) in [5, 5.41) is 20.7. The third kappa shape index (κ3) is 3.46. The summed E-state index contributed by atoms with van der Waals surface area (Å²) in [4.78, 5) is 27.9. The Balaban J connectivity index is 2.68. The van der Waals surface area contributed by atoms with Crippen LogP contribution in [0.3, 0.4) is 0 Å². The van der Waals surface area contributed by atoms with Gasteiger partial charge in [-0.05, 0) is 19.4 Å². The fraction of sp³-hybridized carbons (Fsp3) is 0.250. The molecule has 8 heteroatoms. The summed E-state index contributed by atoms with van der Waals surface area (Å²) in [6.45, 7) is 3.95. The van der Waals surface area contributed by atoms with E-state index in [9.17, 15) is 20.0 Å². The second-order valence-electron chi connectivity index (χ2n) is 5.12. The highest BCUT2D eigenvalue weighted by molar-refractivity contribution is 6.32. The van der Waals surface area contributed by atoms with E-state index in [0.717, 1.165) is 5.56 Å². The molecule has 126 valence electrons. The quantitative estimate of drug-likeness (QED) is 0.485. The highest BCUT2D eigenvalue weighted by Crippen LogP contribution is 2.39. The lowest BCUT2D eigenvalue weighted by Gasteiger charge is -2.25. The zero-order valence-electron chi connectivity index (χ0n) is 13.2. The van der Waals surface area contributed by atoms with Gasteiger partial charge in [0.1, 0.15) is 11.3 Å². The third-order valence-corrected chi connectivity index (χ3v) is 3.86. The topological polar surface area (TPSA) is 96.6 Å². The first-order valence-corrected chi connectivity index (χ1v) is 7.61. The van der Waals surface area contributed by atoms with Crippen LogP contribution in [-0.2, 0) is 6.54 Å². The van der Waals surface area contributed by atoms with Gasteiger partial charge in [0.05, 0.1) is 10.6 Å². The van der Waals surface area contributed by atoms with Crippen molar-refractivity contribution in [2.24, 2.45) is 0 Å². The molecule has 0 bridgehead atoms. The summed E-state index contributed by atoms with van der Waals surface area (Å²) in [6.07, 6.45) is 0. The van der Waals surface area contributed by atoms with E-state index in [0.29, 0.717) is 13.1 Å². The van der Waals surface area contributed by atoms with Crippen molar-refractivity contribution in [3.8, 4) is 0 Å². The maximum Gasteiger partial charge on any atom is 0.339 e. The first-order valence-electron chi connectivity index (χ1n) is 7.23. The van der Waals surface area contributed by atoms with Gasteiger partial charge in [-0.15, -0.1) is 0 Å². The number of rotatable bonds is 6. The number of carbonyl (C=O) groups is 1. The number of pyridine rings is 1. The van der Waals surface area contributed by atoms with E-state index < -0.39 is 16.6 Å². The number of carboxylic acids is 1. The van der Waals surface area contributed by atoms with Gasteiger partial charge in [0, 0.05) is 13.1 Å². The van der Waals surface area contributed by atoms with Crippen LogP contribution < -0.4 is 4.90 Å². The molecular formula is C16H16ClN3O4. The summed E-state index contributed by atoms with van der Waals surface area (Å²) in [5.74, 6) is -1.28. The Kier molecular flexibility index (Phi) is 5.35. The van der Waals surface area contributed by atoms with Gasteiger partial charge in [0.15, 0.2) is 0 Å². The van der Waals surface area contributed by atoms with Gasteiger partial charge in [0.25, 0.3) is 0 Å². The predicted octanol–water partition coefficient (Wildman–Crippen LogP) is 3.68. The van der Waals surface area contributed by atoms with Gasteiger partial charge in [-0.2, -0.15) is 0 Å². The van der Waals surface area contributed by atoms with Crippen molar-refractivity contribution in [2.45, 2.75) is 20.4 Å². The van der Waals surface area contributed by atoms with E-state index in [-0.39, 0.29) is 22.1 Å². The second-order valence-corrected chi connectivity index (χ2v) is 5.48. The molecular weight excluding hydrogens is 334 g/mol. The molecule has 1 heterocycles. The fourth-order valence-corrected chi connectivity index (χ4v) is 2.81. The Morgan fingerprint density at radius 2 is 2.00 bits per heavy atom. The van der Waals surface area contributed by atoms with E-state index in [4.69, 9.17) is 11.6 Å². The third-order valence-electron chi connectivity index (χ3n) is 3.59. The van der Waals surface area contributed by atoms with Crippen LogP contribution in [0.4, 0.5) is 11.4 Å². The molecule has 0 spiro atoms. The highest BCUT2D eigenvalue weighted by Gasteiger charge is 2.32. The largest absolute Gasteiger partial charge is 0.478 e. The summed E-state index contributed by atoms with van der Waals surface area (Å²) in [7, 11) is 0. The Morgan fingerprint density at radius 1 is 1.38 bits per heavy atom. The average molecular weight is 350 g/mol. The van der Waals surface area contributed by atoms with Crippen LogP contribution >= 0.6 is 11.6 Å². The van der Waals surface area contributed by atoms with Crippen molar-refractivity contribution in [2.75, 3.05) is 11.4 Å². The molecule has 0 fully saturated rings. The van der Waals surface area contributed by atoms with Gasteiger partial charge < -0.3 is 10.0 Å². The standard InChI is InChI=1S/C16H16ClN3O4/c1-3-19(9-11-7-5-4-6-8-11)13-12(16(21)22)10(2)18-15(17)14(13)20(23)24/h4-8H,3,9H2,1-2H3,(H,21,22). The lowest BCUT2D eigenvalue weighted by atomic mass is 10.1. The molecule has 1 aromatic heterocycles. The average Bonchev–Trinajstić information content (AvgIpc) is 2.52. The molecule has 0 aliphatic rings. The van der Waals surface area contributed by atoms with Crippen molar-refractivity contribution in [1.82, 2.24) is 4.98 Å². The van der Waals surface area contributed by atoms with Crippen LogP contribution in [0.15, 0.2) is 30.3 Å². The van der Waals surface area contributed by atoms with Crippen LogP contribution in [0.25, 0.3) is 0 Å². The van der Waals surface area contributed by atoms with Crippen molar-refractivity contribution in [3.05, 3.63) is 62.4 Å². The number of anilines is 1. The zero-order chi connectivity index (χ0) is 17.9.